The van der Waals surface area contributed by atoms with Gasteiger partial charge in [-0.25, -0.2) is 4.79 Å². The van der Waals surface area contributed by atoms with Crippen LogP contribution in [0.5, 0.6) is 0 Å². The molecule has 0 rings (SSSR count). The summed E-state index contributed by atoms with van der Waals surface area (Å²) in [6, 6.07) is 0. The third kappa shape index (κ3) is 12.3. The molecule has 1 atom stereocenters. The number of carboxylic acids is 1. The first-order valence-corrected chi connectivity index (χ1v) is 5.71. The number of carbonyl (C=O) groups excluding carboxylic acids is 1. The second kappa shape index (κ2) is 14.5. The number of aliphatic carboxylic acids is 1. The average molecular weight is 326 g/mol. The minimum Gasteiger partial charge on any atom is -0.481 e. The molecule has 0 fully saturated rings. The van der Waals surface area contributed by atoms with Gasteiger partial charge in [0.05, 0.1) is 19.8 Å². The number of hydrogen-bond acceptors (Lipinski definition) is 7. The molecule has 1 unspecified atom stereocenters. The van der Waals surface area contributed by atoms with E-state index in [2.05, 4.69) is 11.3 Å². The van der Waals surface area contributed by atoms with Gasteiger partial charge in [-0.05, 0) is 13.8 Å². The van der Waals surface area contributed by atoms with E-state index in [1.165, 1.54) is 13.8 Å². The van der Waals surface area contributed by atoms with Crippen molar-refractivity contribution in [3.63, 3.8) is 0 Å². The quantitative estimate of drug-likeness (QED) is 0.319. The summed E-state index contributed by atoms with van der Waals surface area (Å²) in [7, 11) is 0. The molecular formula is C14H30O8. The first-order chi connectivity index (χ1) is 9.14. The van der Waals surface area contributed by atoms with Crippen molar-refractivity contribution < 1.29 is 39.9 Å². The van der Waals surface area contributed by atoms with Crippen molar-refractivity contribution in [3.05, 3.63) is 12.2 Å². The molecule has 0 aliphatic rings. The van der Waals surface area contributed by atoms with Gasteiger partial charge in [0, 0.05) is 5.57 Å². The van der Waals surface area contributed by atoms with Crippen LogP contribution in [-0.2, 0) is 14.3 Å². The lowest BCUT2D eigenvalue weighted by atomic mass is 9.94. The lowest BCUT2D eigenvalue weighted by Crippen LogP contribution is -2.35. The van der Waals surface area contributed by atoms with E-state index < -0.39 is 43.3 Å². The number of esters is 1. The van der Waals surface area contributed by atoms with E-state index in [0.29, 0.717) is 0 Å². The van der Waals surface area contributed by atoms with Crippen molar-refractivity contribution >= 4 is 11.9 Å². The van der Waals surface area contributed by atoms with Gasteiger partial charge in [-0.3, -0.25) is 4.79 Å². The summed E-state index contributed by atoms with van der Waals surface area (Å²) in [5.74, 6) is -1.75. The molecule has 0 spiro atoms. The molecule has 8 heteroatoms. The number of rotatable bonds is 7. The first-order valence-electron chi connectivity index (χ1n) is 5.71. The summed E-state index contributed by atoms with van der Waals surface area (Å²) in [4.78, 5) is 20.8. The SMILES string of the molecule is C.C.C=C(C)C(=O)OCC(O)CO.CC(CO)(CO)C(=O)O. The third-order valence-electron chi connectivity index (χ3n) is 2.18. The Morgan fingerprint density at radius 3 is 1.77 bits per heavy atom. The van der Waals surface area contributed by atoms with Crippen LogP contribution < -0.4 is 0 Å². The maximum Gasteiger partial charge on any atom is 0.333 e. The van der Waals surface area contributed by atoms with Gasteiger partial charge in [0.25, 0.3) is 0 Å². The number of aliphatic hydroxyl groups is 4. The molecule has 0 aromatic carbocycles. The van der Waals surface area contributed by atoms with Gasteiger partial charge in [0.1, 0.15) is 18.1 Å². The van der Waals surface area contributed by atoms with Crippen molar-refractivity contribution in [2.24, 2.45) is 5.41 Å². The van der Waals surface area contributed by atoms with Crippen LogP contribution in [-0.4, -0.2) is 70.0 Å². The number of aliphatic hydroxyl groups excluding tert-OH is 4. The topological polar surface area (TPSA) is 145 Å². The van der Waals surface area contributed by atoms with Crippen molar-refractivity contribution in [2.75, 3.05) is 26.4 Å². The van der Waals surface area contributed by atoms with Gasteiger partial charge in [0.15, 0.2) is 0 Å². The molecule has 5 N–H and O–H groups in total. The maximum absolute atomic E-state index is 10.6. The Labute approximate surface area is 131 Å². The molecule has 134 valence electrons. The van der Waals surface area contributed by atoms with Gasteiger partial charge in [-0.1, -0.05) is 21.4 Å². The lowest BCUT2D eigenvalue weighted by molar-refractivity contribution is -0.153. The minimum atomic E-state index is -1.39. The van der Waals surface area contributed by atoms with E-state index in [4.69, 9.17) is 25.5 Å². The molecule has 0 aromatic rings. The second-order valence-corrected chi connectivity index (χ2v) is 4.40. The lowest BCUT2D eigenvalue weighted by Gasteiger charge is -2.17. The fraction of sp³-hybridized carbons (Fsp3) is 0.714. The Kier molecular flexibility index (Phi) is 18.8. The number of carboxylic acid groups (broad SMARTS) is 1. The number of ether oxygens (including phenoxy) is 1. The zero-order valence-electron chi connectivity index (χ0n) is 11.6. The summed E-state index contributed by atoms with van der Waals surface area (Å²) in [6.45, 7) is 4.43. The summed E-state index contributed by atoms with van der Waals surface area (Å²) < 4.78 is 4.51. The monoisotopic (exact) mass is 326 g/mol. The van der Waals surface area contributed by atoms with E-state index in [9.17, 15) is 9.59 Å². The van der Waals surface area contributed by atoms with Crippen molar-refractivity contribution in [1.29, 1.82) is 0 Å². The molecule has 0 aliphatic carbocycles. The standard InChI is InChI=1S/C7H12O4.C5H10O4.2CH4/c1-5(2)7(10)11-4-6(9)3-8;1-5(2-6,3-7)4(8)9;;/h6,8-9H,1,3-4H2,2H3;6-7H,2-3H2,1H3,(H,8,9);2*1H4. The van der Waals surface area contributed by atoms with E-state index in [1.54, 1.807) is 0 Å². The van der Waals surface area contributed by atoms with Crippen LogP contribution in [0, 0.1) is 5.41 Å². The Morgan fingerprint density at radius 2 is 1.59 bits per heavy atom. The summed E-state index contributed by atoms with van der Waals surface area (Å²) in [5, 5.41) is 42.2. The molecule has 0 aromatic heterocycles. The maximum atomic E-state index is 10.6. The van der Waals surface area contributed by atoms with E-state index in [1.807, 2.05) is 0 Å². The largest absolute Gasteiger partial charge is 0.481 e. The Morgan fingerprint density at radius 1 is 1.18 bits per heavy atom. The van der Waals surface area contributed by atoms with E-state index in [-0.39, 0.29) is 27.0 Å². The third-order valence-corrected chi connectivity index (χ3v) is 2.18. The molecule has 22 heavy (non-hydrogen) atoms. The fourth-order valence-corrected chi connectivity index (χ4v) is 0.533. The van der Waals surface area contributed by atoms with Crippen molar-refractivity contribution in [2.45, 2.75) is 34.8 Å². The zero-order valence-corrected chi connectivity index (χ0v) is 11.6. The number of carbonyl (C=O) groups is 2. The van der Waals surface area contributed by atoms with Gasteiger partial charge >= 0.3 is 11.9 Å². The molecule has 0 saturated carbocycles. The van der Waals surface area contributed by atoms with Crippen LogP contribution in [0.1, 0.15) is 28.7 Å². The molecular weight excluding hydrogens is 296 g/mol. The zero-order chi connectivity index (χ0) is 16.3. The summed E-state index contributed by atoms with van der Waals surface area (Å²) in [5.41, 5.74) is -1.12. The van der Waals surface area contributed by atoms with Crippen LogP contribution in [0.3, 0.4) is 0 Å². The van der Waals surface area contributed by atoms with Gasteiger partial charge in [-0.2, -0.15) is 0 Å². The van der Waals surface area contributed by atoms with Crippen LogP contribution in [0.15, 0.2) is 12.2 Å². The van der Waals surface area contributed by atoms with E-state index >= 15 is 0 Å². The molecule has 0 radical (unpaired) electrons. The average Bonchev–Trinajstić information content (AvgIpc) is 2.43. The first kappa shape index (κ1) is 28.6. The summed E-state index contributed by atoms with van der Waals surface area (Å²) in [6.07, 6.45) is -1.00. The smallest absolute Gasteiger partial charge is 0.333 e. The van der Waals surface area contributed by atoms with Crippen LogP contribution in [0.25, 0.3) is 0 Å². The molecule has 8 nitrogen and oxygen atoms in total. The van der Waals surface area contributed by atoms with Gasteiger partial charge in [0.2, 0.25) is 0 Å². The van der Waals surface area contributed by atoms with Crippen molar-refractivity contribution in [1.82, 2.24) is 0 Å². The highest BCUT2D eigenvalue weighted by Gasteiger charge is 2.31. The van der Waals surface area contributed by atoms with Crippen LogP contribution in [0.2, 0.25) is 0 Å². The normalized spacial score (nSPS) is 10.8. The molecule has 0 saturated heterocycles. The molecule has 0 bridgehead atoms. The molecule has 0 amide bonds. The predicted octanol–water partition coefficient (Wildman–Crippen LogP) is -0.207. The highest BCUT2D eigenvalue weighted by atomic mass is 16.5. The minimum absolute atomic E-state index is 0. The van der Waals surface area contributed by atoms with Crippen molar-refractivity contribution in [3.8, 4) is 0 Å². The van der Waals surface area contributed by atoms with Crippen LogP contribution in [0.4, 0.5) is 0 Å². The Hall–Kier alpha value is -1.48. The Balaban J connectivity index is -0.000000137. The molecule has 0 aliphatic heterocycles. The highest BCUT2D eigenvalue weighted by Crippen LogP contribution is 2.12. The molecule has 0 heterocycles. The Bertz CT molecular complexity index is 323. The fourth-order valence-electron chi connectivity index (χ4n) is 0.533. The van der Waals surface area contributed by atoms with Gasteiger partial charge in [-0.15, -0.1) is 0 Å². The second-order valence-electron chi connectivity index (χ2n) is 4.40. The highest BCUT2D eigenvalue weighted by molar-refractivity contribution is 5.86. The van der Waals surface area contributed by atoms with E-state index in [0.717, 1.165) is 0 Å². The van der Waals surface area contributed by atoms with Crippen LogP contribution >= 0.6 is 0 Å². The predicted molar refractivity (Wildman–Crippen MR) is 82.2 cm³/mol. The number of hydrogen-bond donors (Lipinski definition) is 5. The summed E-state index contributed by atoms with van der Waals surface area (Å²) >= 11 is 0. The van der Waals surface area contributed by atoms with Gasteiger partial charge < -0.3 is 30.3 Å².